The van der Waals surface area contributed by atoms with Crippen molar-refractivity contribution >= 4 is 5.97 Å². The number of likely N-dealkylation sites (N-methyl/N-ethyl adjacent to an activating group) is 1. The molecular weight excluding hydrogens is 218 g/mol. The highest BCUT2D eigenvalue weighted by molar-refractivity contribution is 5.79. The molecule has 0 saturated carbocycles. The van der Waals surface area contributed by atoms with E-state index in [0.717, 1.165) is 45.7 Å². The standard InChI is InChI=1S/C12H23N3O2/c1-14(7-2-4-12(16)17)8-3-9-15-10-5-13-6-11-15/h2,4,13H,3,5-11H2,1H3,(H,16,17)/b4-2+. The molecule has 0 unspecified atom stereocenters. The Kier molecular flexibility index (Phi) is 6.84. The molecule has 1 aliphatic heterocycles. The van der Waals surface area contributed by atoms with E-state index in [1.54, 1.807) is 6.08 Å². The average molecular weight is 241 g/mol. The molecule has 5 nitrogen and oxygen atoms in total. The summed E-state index contributed by atoms with van der Waals surface area (Å²) in [6, 6.07) is 0. The van der Waals surface area contributed by atoms with Crippen LogP contribution in [0.15, 0.2) is 12.2 Å². The number of carbonyl (C=O) groups is 1. The number of piperazine rings is 1. The second kappa shape index (κ2) is 8.22. The van der Waals surface area contributed by atoms with Crippen LogP contribution < -0.4 is 5.32 Å². The molecule has 0 spiro atoms. The average Bonchev–Trinajstić information content (AvgIpc) is 2.30. The van der Waals surface area contributed by atoms with Crippen LogP contribution in [0.4, 0.5) is 0 Å². The third-order valence-electron chi connectivity index (χ3n) is 2.90. The smallest absolute Gasteiger partial charge is 0.328 e. The Morgan fingerprint density at radius 1 is 1.47 bits per heavy atom. The molecule has 17 heavy (non-hydrogen) atoms. The van der Waals surface area contributed by atoms with Crippen molar-refractivity contribution in [1.82, 2.24) is 15.1 Å². The van der Waals surface area contributed by atoms with Crippen LogP contribution in [0.3, 0.4) is 0 Å². The van der Waals surface area contributed by atoms with Gasteiger partial charge in [-0.3, -0.25) is 0 Å². The summed E-state index contributed by atoms with van der Waals surface area (Å²) in [7, 11) is 2.02. The van der Waals surface area contributed by atoms with E-state index in [-0.39, 0.29) is 0 Å². The molecule has 5 heteroatoms. The fraction of sp³-hybridized carbons (Fsp3) is 0.750. The summed E-state index contributed by atoms with van der Waals surface area (Å²) in [4.78, 5) is 14.9. The zero-order chi connectivity index (χ0) is 12.5. The van der Waals surface area contributed by atoms with Gasteiger partial charge < -0.3 is 20.2 Å². The van der Waals surface area contributed by atoms with Crippen molar-refractivity contribution in [3.05, 3.63) is 12.2 Å². The highest BCUT2D eigenvalue weighted by Crippen LogP contribution is 1.96. The number of nitrogens with zero attached hydrogens (tertiary/aromatic N) is 2. The predicted molar refractivity (Wildman–Crippen MR) is 68.2 cm³/mol. The third kappa shape index (κ3) is 7.10. The van der Waals surface area contributed by atoms with Gasteiger partial charge in [-0.05, 0) is 26.6 Å². The second-order valence-electron chi connectivity index (χ2n) is 4.45. The Labute approximate surface area is 103 Å². The Morgan fingerprint density at radius 3 is 2.82 bits per heavy atom. The lowest BCUT2D eigenvalue weighted by Gasteiger charge is -2.27. The van der Waals surface area contributed by atoms with Gasteiger partial charge in [-0.2, -0.15) is 0 Å². The van der Waals surface area contributed by atoms with Gasteiger partial charge in [0.2, 0.25) is 0 Å². The zero-order valence-electron chi connectivity index (χ0n) is 10.6. The predicted octanol–water partition coefficient (Wildman–Crippen LogP) is -0.146. The van der Waals surface area contributed by atoms with Gasteiger partial charge in [0.25, 0.3) is 0 Å². The van der Waals surface area contributed by atoms with Gasteiger partial charge >= 0.3 is 5.97 Å². The minimum Gasteiger partial charge on any atom is -0.478 e. The first-order valence-electron chi connectivity index (χ1n) is 6.19. The molecule has 0 aromatic rings. The van der Waals surface area contributed by atoms with Gasteiger partial charge in [0.05, 0.1) is 0 Å². The van der Waals surface area contributed by atoms with Crippen LogP contribution in [0.25, 0.3) is 0 Å². The normalized spacial score (nSPS) is 18.0. The van der Waals surface area contributed by atoms with E-state index in [1.165, 1.54) is 6.08 Å². The van der Waals surface area contributed by atoms with Crippen LogP contribution in [0.2, 0.25) is 0 Å². The molecule has 0 amide bonds. The maximum atomic E-state index is 10.3. The van der Waals surface area contributed by atoms with Crippen LogP contribution in [-0.2, 0) is 4.79 Å². The number of rotatable bonds is 7. The quantitative estimate of drug-likeness (QED) is 0.607. The number of aliphatic carboxylic acids is 1. The molecule has 0 aliphatic carbocycles. The number of carboxylic acids is 1. The van der Waals surface area contributed by atoms with E-state index in [2.05, 4.69) is 15.1 Å². The third-order valence-corrected chi connectivity index (χ3v) is 2.90. The molecule has 98 valence electrons. The summed E-state index contributed by atoms with van der Waals surface area (Å²) < 4.78 is 0. The molecule has 1 saturated heterocycles. The van der Waals surface area contributed by atoms with E-state index in [9.17, 15) is 4.79 Å². The van der Waals surface area contributed by atoms with Gasteiger partial charge in [-0.15, -0.1) is 0 Å². The topological polar surface area (TPSA) is 55.8 Å². The van der Waals surface area contributed by atoms with Crippen molar-refractivity contribution in [1.29, 1.82) is 0 Å². The second-order valence-corrected chi connectivity index (χ2v) is 4.45. The van der Waals surface area contributed by atoms with E-state index in [0.29, 0.717) is 6.54 Å². The summed E-state index contributed by atoms with van der Waals surface area (Å²) in [5.74, 6) is -0.876. The molecule has 0 aromatic carbocycles. The van der Waals surface area contributed by atoms with Gasteiger partial charge in [0.15, 0.2) is 0 Å². The van der Waals surface area contributed by atoms with Crippen LogP contribution >= 0.6 is 0 Å². The summed E-state index contributed by atoms with van der Waals surface area (Å²) in [5, 5.41) is 11.8. The first-order valence-corrected chi connectivity index (χ1v) is 6.19. The fourth-order valence-corrected chi connectivity index (χ4v) is 1.92. The first-order chi connectivity index (χ1) is 8.18. The maximum absolute atomic E-state index is 10.3. The Balaban J connectivity index is 2.02. The molecule has 1 rings (SSSR count). The van der Waals surface area contributed by atoms with Gasteiger partial charge in [-0.1, -0.05) is 6.08 Å². The molecule has 0 radical (unpaired) electrons. The van der Waals surface area contributed by atoms with E-state index in [1.807, 2.05) is 7.05 Å². The minimum absolute atomic E-state index is 0.702. The fourth-order valence-electron chi connectivity index (χ4n) is 1.92. The van der Waals surface area contributed by atoms with Crippen molar-refractivity contribution in [2.24, 2.45) is 0 Å². The molecule has 1 fully saturated rings. The van der Waals surface area contributed by atoms with Gasteiger partial charge in [0.1, 0.15) is 0 Å². The molecule has 0 aromatic heterocycles. The van der Waals surface area contributed by atoms with Crippen molar-refractivity contribution in [3.63, 3.8) is 0 Å². The van der Waals surface area contributed by atoms with E-state index >= 15 is 0 Å². The maximum Gasteiger partial charge on any atom is 0.328 e. The van der Waals surface area contributed by atoms with Crippen molar-refractivity contribution in [2.45, 2.75) is 6.42 Å². The number of nitrogens with one attached hydrogen (secondary N) is 1. The van der Waals surface area contributed by atoms with Crippen molar-refractivity contribution in [2.75, 3.05) is 52.9 Å². The number of hydrogen-bond acceptors (Lipinski definition) is 4. The largest absolute Gasteiger partial charge is 0.478 e. The van der Waals surface area contributed by atoms with Gasteiger partial charge in [-0.25, -0.2) is 4.79 Å². The highest BCUT2D eigenvalue weighted by atomic mass is 16.4. The van der Waals surface area contributed by atoms with Crippen LogP contribution in [-0.4, -0.2) is 73.7 Å². The molecule has 1 aliphatic rings. The summed E-state index contributed by atoms with van der Waals surface area (Å²) in [5.41, 5.74) is 0. The van der Waals surface area contributed by atoms with E-state index < -0.39 is 5.97 Å². The van der Waals surface area contributed by atoms with Crippen LogP contribution in [0.5, 0.6) is 0 Å². The van der Waals surface area contributed by atoms with Crippen molar-refractivity contribution < 1.29 is 9.90 Å². The SMILES string of the molecule is CN(C/C=C/C(=O)O)CCCN1CCNCC1. The van der Waals surface area contributed by atoms with Crippen LogP contribution in [0.1, 0.15) is 6.42 Å². The first kappa shape index (κ1) is 14.2. The molecule has 0 atom stereocenters. The summed E-state index contributed by atoms with van der Waals surface area (Å²) in [6.07, 6.45) is 4.03. The lowest BCUT2D eigenvalue weighted by atomic mass is 10.3. The Hall–Kier alpha value is -0.910. The minimum atomic E-state index is -0.876. The highest BCUT2D eigenvalue weighted by Gasteiger charge is 2.08. The van der Waals surface area contributed by atoms with Crippen molar-refractivity contribution in [3.8, 4) is 0 Å². The molecular formula is C12H23N3O2. The molecule has 0 bridgehead atoms. The Morgan fingerprint density at radius 2 is 2.18 bits per heavy atom. The number of carboxylic acid groups (broad SMARTS) is 1. The number of hydrogen-bond donors (Lipinski definition) is 2. The monoisotopic (exact) mass is 241 g/mol. The van der Waals surface area contributed by atoms with Gasteiger partial charge in [0, 0.05) is 38.8 Å². The Bertz CT molecular complexity index is 250. The van der Waals surface area contributed by atoms with E-state index in [4.69, 9.17) is 5.11 Å². The lowest BCUT2D eigenvalue weighted by molar-refractivity contribution is -0.131. The summed E-state index contributed by atoms with van der Waals surface area (Å²) >= 11 is 0. The molecule has 2 N–H and O–H groups in total. The summed E-state index contributed by atoms with van der Waals surface area (Å²) in [6.45, 7) is 7.32. The zero-order valence-corrected chi connectivity index (χ0v) is 10.6. The molecule has 1 heterocycles. The lowest BCUT2D eigenvalue weighted by Crippen LogP contribution is -2.44. The van der Waals surface area contributed by atoms with Crippen LogP contribution in [0, 0.1) is 0 Å².